The molecule has 5 rings (SSSR count). The van der Waals surface area contributed by atoms with E-state index >= 15 is 0 Å². The minimum atomic E-state index is -0.292. The SMILES string of the molecule is O=C(CN1C(=O)COc2ccccc21)N1CCC(N2C(=O)OC[C@H]2c2ccccc2)CC1. The van der Waals surface area contributed by atoms with E-state index in [1.165, 1.54) is 4.90 Å². The summed E-state index contributed by atoms with van der Waals surface area (Å²) in [6, 6.07) is 17.1. The van der Waals surface area contributed by atoms with Crippen LogP contribution in [0.25, 0.3) is 0 Å². The van der Waals surface area contributed by atoms with Crippen molar-refractivity contribution in [2.75, 3.05) is 37.7 Å². The first-order valence-corrected chi connectivity index (χ1v) is 10.9. The fourth-order valence-corrected chi connectivity index (χ4v) is 4.72. The molecule has 2 fully saturated rings. The van der Waals surface area contributed by atoms with E-state index in [9.17, 15) is 14.4 Å². The summed E-state index contributed by atoms with van der Waals surface area (Å²) in [5.41, 5.74) is 1.68. The van der Waals surface area contributed by atoms with Crippen LogP contribution < -0.4 is 9.64 Å². The number of carbonyl (C=O) groups excluding carboxylic acids is 3. The lowest BCUT2D eigenvalue weighted by Gasteiger charge is -2.38. The number of para-hydroxylation sites is 2. The van der Waals surface area contributed by atoms with Crippen molar-refractivity contribution in [2.24, 2.45) is 0 Å². The van der Waals surface area contributed by atoms with E-state index < -0.39 is 0 Å². The molecular weight excluding hydrogens is 410 g/mol. The molecule has 166 valence electrons. The van der Waals surface area contributed by atoms with E-state index in [1.807, 2.05) is 47.4 Å². The Morgan fingerprint density at radius 2 is 1.66 bits per heavy atom. The third-order valence-electron chi connectivity index (χ3n) is 6.41. The summed E-state index contributed by atoms with van der Waals surface area (Å²) in [4.78, 5) is 42.9. The van der Waals surface area contributed by atoms with Crippen molar-refractivity contribution in [3.8, 4) is 5.75 Å². The molecule has 3 heterocycles. The number of benzene rings is 2. The van der Waals surface area contributed by atoms with Crippen molar-refractivity contribution in [3.63, 3.8) is 0 Å². The van der Waals surface area contributed by atoms with E-state index in [4.69, 9.17) is 9.47 Å². The van der Waals surface area contributed by atoms with Gasteiger partial charge in [-0.3, -0.25) is 19.4 Å². The summed E-state index contributed by atoms with van der Waals surface area (Å²) in [6.45, 7) is 1.34. The zero-order valence-electron chi connectivity index (χ0n) is 17.7. The predicted molar refractivity (Wildman–Crippen MR) is 116 cm³/mol. The molecule has 0 N–H and O–H groups in total. The Labute approximate surface area is 186 Å². The van der Waals surface area contributed by atoms with Crippen molar-refractivity contribution in [3.05, 3.63) is 60.2 Å². The molecule has 1 atom stereocenters. The van der Waals surface area contributed by atoms with Gasteiger partial charge in [-0.1, -0.05) is 42.5 Å². The van der Waals surface area contributed by atoms with Gasteiger partial charge in [0.15, 0.2) is 6.61 Å². The Morgan fingerprint density at radius 1 is 0.938 bits per heavy atom. The van der Waals surface area contributed by atoms with Crippen molar-refractivity contribution in [1.82, 2.24) is 9.80 Å². The van der Waals surface area contributed by atoms with Crippen molar-refractivity contribution < 1.29 is 23.9 Å². The molecule has 0 radical (unpaired) electrons. The van der Waals surface area contributed by atoms with Crippen LogP contribution in [0.5, 0.6) is 5.75 Å². The van der Waals surface area contributed by atoms with E-state index in [0.29, 0.717) is 44.0 Å². The first-order chi connectivity index (χ1) is 15.6. The largest absolute Gasteiger partial charge is 0.482 e. The van der Waals surface area contributed by atoms with Crippen molar-refractivity contribution >= 4 is 23.6 Å². The maximum atomic E-state index is 13.0. The molecule has 2 aromatic rings. The zero-order chi connectivity index (χ0) is 22.1. The van der Waals surface area contributed by atoms with Crippen LogP contribution >= 0.6 is 0 Å². The van der Waals surface area contributed by atoms with Gasteiger partial charge in [-0.15, -0.1) is 0 Å². The number of rotatable bonds is 4. The number of carbonyl (C=O) groups is 3. The smallest absolute Gasteiger partial charge is 0.410 e. The first-order valence-electron chi connectivity index (χ1n) is 10.9. The topological polar surface area (TPSA) is 79.4 Å². The molecule has 0 saturated carbocycles. The Kier molecular flexibility index (Phi) is 5.43. The summed E-state index contributed by atoms with van der Waals surface area (Å²) in [5, 5.41) is 0. The molecule has 0 spiro atoms. The number of hydrogen-bond acceptors (Lipinski definition) is 5. The lowest BCUT2D eigenvalue weighted by atomic mass is 9.99. The van der Waals surface area contributed by atoms with Crippen molar-refractivity contribution in [1.29, 1.82) is 0 Å². The number of anilines is 1. The lowest BCUT2D eigenvalue weighted by Crippen LogP contribution is -2.51. The van der Waals surface area contributed by atoms with Crippen LogP contribution in [-0.4, -0.2) is 66.6 Å². The standard InChI is InChI=1S/C24H25N3O5/c28-22(14-26-19-8-4-5-9-21(19)31-16-23(26)29)25-12-10-18(11-13-25)27-20(15-32-24(27)30)17-6-2-1-3-7-17/h1-9,18,20H,10-16H2/t20-/m0/s1. The Hall–Kier alpha value is -3.55. The van der Waals surface area contributed by atoms with Crippen LogP contribution in [-0.2, 0) is 14.3 Å². The molecule has 0 bridgehead atoms. The maximum absolute atomic E-state index is 13.0. The second-order valence-electron chi connectivity index (χ2n) is 8.26. The predicted octanol–water partition coefficient (Wildman–Crippen LogP) is 2.60. The second-order valence-corrected chi connectivity index (χ2v) is 8.26. The van der Waals surface area contributed by atoms with Gasteiger partial charge in [0.2, 0.25) is 5.91 Å². The number of ether oxygens (including phenoxy) is 2. The van der Waals surface area contributed by atoms with Crippen LogP contribution in [0, 0.1) is 0 Å². The van der Waals surface area contributed by atoms with Gasteiger partial charge in [-0.25, -0.2) is 4.79 Å². The average Bonchev–Trinajstić information content (AvgIpc) is 3.23. The molecule has 2 saturated heterocycles. The highest BCUT2D eigenvalue weighted by Gasteiger charge is 2.41. The highest BCUT2D eigenvalue weighted by Crippen LogP contribution is 2.34. The summed E-state index contributed by atoms with van der Waals surface area (Å²) >= 11 is 0. The van der Waals surface area contributed by atoms with E-state index in [2.05, 4.69) is 0 Å². The highest BCUT2D eigenvalue weighted by atomic mass is 16.6. The lowest BCUT2D eigenvalue weighted by molar-refractivity contribution is -0.133. The molecule has 32 heavy (non-hydrogen) atoms. The molecule has 0 unspecified atom stereocenters. The van der Waals surface area contributed by atoms with E-state index in [0.717, 1.165) is 5.56 Å². The van der Waals surface area contributed by atoms with E-state index in [1.54, 1.807) is 17.0 Å². The van der Waals surface area contributed by atoms with Gasteiger partial charge in [-0.05, 0) is 30.5 Å². The highest BCUT2D eigenvalue weighted by molar-refractivity contribution is 6.02. The van der Waals surface area contributed by atoms with Gasteiger partial charge in [0, 0.05) is 19.1 Å². The Morgan fingerprint density at radius 3 is 2.44 bits per heavy atom. The number of likely N-dealkylation sites (tertiary alicyclic amines) is 1. The average molecular weight is 435 g/mol. The van der Waals surface area contributed by atoms with Crippen LogP contribution in [0.15, 0.2) is 54.6 Å². The molecular formula is C24H25N3O5. The molecule has 3 amide bonds. The van der Waals surface area contributed by atoms with Gasteiger partial charge < -0.3 is 14.4 Å². The third-order valence-corrected chi connectivity index (χ3v) is 6.41. The molecule has 3 aliphatic heterocycles. The van der Waals surface area contributed by atoms with Crippen molar-refractivity contribution in [2.45, 2.75) is 24.9 Å². The first kappa shape index (κ1) is 20.4. The minimum Gasteiger partial charge on any atom is -0.482 e. The minimum absolute atomic E-state index is 0.0116. The van der Waals surface area contributed by atoms with Gasteiger partial charge >= 0.3 is 6.09 Å². The third kappa shape index (κ3) is 3.77. The Balaban J connectivity index is 1.23. The second kappa shape index (κ2) is 8.53. The summed E-state index contributed by atoms with van der Waals surface area (Å²) in [5.74, 6) is 0.285. The van der Waals surface area contributed by atoms with Crippen LogP contribution in [0.4, 0.5) is 10.5 Å². The zero-order valence-corrected chi connectivity index (χ0v) is 17.7. The molecule has 0 aromatic heterocycles. The number of fused-ring (bicyclic) bond motifs is 1. The molecule has 0 aliphatic carbocycles. The van der Waals surface area contributed by atoms with Gasteiger partial charge in [0.1, 0.15) is 18.9 Å². The summed E-state index contributed by atoms with van der Waals surface area (Å²) in [6.07, 6.45) is 1.06. The number of cyclic esters (lactones) is 1. The van der Waals surface area contributed by atoms with Crippen LogP contribution in [0.1, 0.15) is 24.4 Å². The van der Waals surface area contributed by atoms with Gasteiger partial charge in [0.25, 0.3) is 5.91 Å². The summed E-state index contributed by atoms with van der Waals surface area (Å²) in [7, 11) is 0. The monoisotopic (exact) mass is 435 g/mol. The fourth-order valence-electron chi connectivity index (χ4n) is 4.72. The number of amides is 3. The fraction of sp³-hybridized carbons (Fsp3) is 0.375. The number of hydrogen-bond donors (Lipinski definition) is 0. The molecule has 8 nitrogen and oxygen atoms in total. The van der Waals surface area contributed by atoms with Crippen LogP contribution in [0.2, 0.25) is 0 Å². The normalized spacial score (nSPS) is 21.2. The van der Waals surface area contributed by atoms with Crippen LogP contribution in [0.3, 0.4) is 0 Å². The molecule has 2 aromatic carbocycles. The number of piperidine rings is 1. The maximum Gasteiger partial charge on any atom is 0.410 e. The Bertz CT molecular complexity index is 1020. The quantitative estimate of drug-likeness (QED) is 0.738. The van der Waals surface area contributed by atoms with Gasteiger partial charge in [-0.2, -0.15) is 0 Å². The van der Waals surface area contributed by atoms with E-state index in [-0.39, 0.29) is 43.1 Å². The molecule has 8 heteroatoms. The van der Waals surface area contributed by atoms with Gasteiger partial charge in [0.05, 0.1) is 11.7 Å². The molecule has 3 aliphatic rings. The summed E-state index contributed by atoms with van der Waals surface area (Å²) < 4.78 is 10.8. The number of nitrogens with zero attached hydrogens (tertiary/aromatic N) is 3.